The first-order valence-electron chi connectivity index (χ1n) is 12.4. The van der Waals surface area contributed by atoms with Gasteiger partial charge < -0.3 is 10.1 Å². The van der Waals surface area contributed by atoms with Gasteiger partial charge >= 0.3 is 5.97 Å². The largest absolute Gasteiger partial charge is 0.462 e. The zero-order chi connectivity index (χ0) is 26.8. The predicted molar refractivity (Wildman–Crippen MR) is 148 cm³/mol. The number of rotatable bonds is 8. The molecule has 3 heterocycles. The first-order valence-corrected chi connectivity index (χ1v) is 13.3. The SMILES string of the molecule is CCOC(=O)c1cnn(-c2ccccc2)c1NC(=O)C(CC)Sc1nnc2cc(C)c3cccc(C)c3n12. The molecular formula is C28H28N6O3S. The summed E-state index contributed by atoms with van der Waals surface area (Å²) in [4.78, 5) is 26.3. The summed E-state index contributed by atoms with van der Waals surface area (Å²) in [6.07, 6.45) is 1.94. The number of carbonyl (C=O) groups excluding carboxylic acids is 2. The van der Waals surface area contributed by atoms with E-state index in [-0.39, 0.29) is 23.9 Å². The van der Waals surface area contributed by atoms with Crippen molar-refractivity contribution >= 4 is 46.0 Å². The van der Waals surface area contributed by atoms with Crippen molar-refractivity contribution in [3.8, 4) is 5.69 Å². The Labute approximate surface area is 224 Å². The van der Waals surface area contributed by atoms with E-state index in [0.29, 0.717) is 17.3 Å². The van der Waals surface area contributed by atoms with Crippen LogP contribution in [0, 0.1) is 13.8 Å². The maximum absolute atomic E-state index is 13.6. The lowest BCUT2D eigenvalue weighted by Crippen LogP contribution is -2.27. The van der Waals surface area contributed by atoms with Gasteiger partial charge in [-0.1, -0.05) is 55.1 Å². The van der Waals surface area contributed by atoms with Crippen molar-refractivity contribution < 1.29 is 14.3 Å². The number of pyridine rings is 1. The third-order valence-electron chi connectivity index (χ3n) is 6.31. The normalized spacial score (nSPS) is 12.1. The molecule has 0 fully saturated rings. The van der Waals surface area contributed by atoms with Crippen molar-refractivity contribution in [1.29, 1.82) is 0 Å². The second-order valence-corrected chi connectivity index (χ2v) is 10.0. The Morgan fingerprint density at radius 3 is 2.55 bits per heavy atom. The molecule has 0 bridgehead atoms. The number of aromatic nitrogens is 5. The van der Waals surface area contributed by atoms with Gasteiger partial charge in [-0.25, -0.2) is 9.48 Å². The number of esters is 1. The molecule has 1 N–H and O–H groups in total. The average Bonchev–Trinajstić information content (AvgIpc) is 3.52. The smallest absolute Gasteiger partial charge is 0.343 e. The number of carbonyl (C=O) groups is 2. The second kappa shape index (κ2) is 10.7. The van der Waals surface area contributed by atoms with Gasteiger partial charge in [-0.15, -0.1) is 10.2 Å². The van der Waals surface area contributed by atoms with Crippen molar-refractivity contribution in [2.75, 3.05) is 11.9 Å². The molecule has 0 saturated heterocycles. The quantitative estimate of drug-likeness (QED) is 0.213. The molecule has 38 heavy (non-hydrogen) atoms. The first kappa shape index (κ1) is 25.5. The molecule has 10 heteroatoms. The lowest BCUT2D eigenvalue weighted by atomic mass is 10.1. The molecule has 9 nitrogen and oxygen atoms in total. The molecule has 2 aromatic carbocycles. The van der Waals surface area contributed by atoms with Gasteiger partial charge in [-0.3, -0.25) is 9.20 Å². The minimum Gasteiger partial charge on any atom is -0.462 e. The number of nitrogens with one attached hydrogen (secondary N) is 1. The zero-order valence-electron chi connectivity index (χ0n) is 21.6. The van der Waals surface area contributed by atoms with Crippen LogP contribution in [0.2, 0.25) is 0 Å². The van der Waals surface area contributed by atoms with Crippen LogP contribution in [-0.4, -0.2) is 48.1 Å². The molecule has 1 amide bonds. The molecule has 0 radical (unpaired) electrons. The van der Waals surface area contributed by atoms with Crippen molar-refractivity contribution in [1.82, 2.24) is 24.4 Å². The van der Waals surface area contributed by atoms with Crippen LogP contribution in [-0.2, 0) is 9.53 Å². The fraction of sp³-hybridized carbons (Fsp3) is 0.250. The van der Waals surface area contributed by atoms with E-state index in [1.165, 1.54) is 22.6 Å². The van der Waals surface area contributed by atoms with E-state index >= 15 is 0 Å². The molecule has 0 spiro atoms. The maximum atomic E-state index is 13.6. The van der Waals surface area contributed by atoms with Gasteiger partial charge in [0.1, 0.15) is 5.56 Å². The molecule has 0 aliphatic heterocycles. The molecule has 0 saturated carbocycles. The topological polar surface area (TPSA) is 103 Å². The summed E-state index contributed by atoms with van der Waals surface area (Å²) in [6.45, 7) is 8.00. The summed E-state index contributed by atoms with van der Waals surface area (Å²) < 4.78 is 8.76. The van der Waals surface area contributed by atoms with Crippen LogP contribution >= 0.6 is 11.8 Å². The fourth-order valence-electron chi connectivity index (χ4n) is 4.45. The molecule has 0 aliphatic carbocycles. The Hall–Kier alpha value is -4.18. The third-order valence-corrected chi connectivity index (χ3v) is 7.62. The molecule has 1 atom stereocenters. The van der Waals surface area contributed by atoms with E-state index in [2.05, 4.69) is 46.6 Å². The summed E-state index contributed by atoms with van der Waals surface area (Å²) in [5.41, 5.74) is 4.87. The maximum Gasteiger partial charge on any atom is 0.343 e. The Bertz CT molecular complexity index is 1640. The molecule has 1 unspecified atom stereocenters. The highest BCUT2D eigenvalue weighted by atomic mass is 32.2. The van der Waals surface area contributed by atoms with E-state index in [4.69, 9.17) is 4.74 Å². The lowest BCUT2D eigenvalue weighted by molar-refractivity contribution is -0.115. The average molecular weight is 529 g/mol. The van der Waals surface area contributed by atoms with Crippen LogP contribution in [0.5, 0.6) is 0 Å². The molecule has 0 aliphatic rings. The molecule has 3 aromatic heterocycles. The van der Waals surface area contributed by atoms with E-state index in [1.54, 1.807) is 6.92 Å². The van der Waals surface area contributed by atoms with E-state index < -0.39 is 11.2 Å². The van der Waals surface area contributed by atoms with Gasteiger partial charge in [0.2, 0.25) is 5.91 Å². The third kappa shape index (κ3) is 4.63. The summed E-state index contributed by atoms with van der Waals surface area (Å²) in [5.74, 6) is -0.557. The fourth-order valence-corrected chi connectivity index (χ4v) is 5.41. The Balaban J connectivity index is 1.50. The van der Waals surface area contributed by atoms with Crippen LogP contribution in [0.4, 0.5) is 5.82 Å². The molecular weight excluding hydrogens is 500 g/mol. The van der Waals surface area contributed by atoms with Gasteiger partial charge in [-0.05, 0) is 56.5 Å². The number of anilines is 1. The standard InChI is InChI=1S/C28H28N6O3S/c1-5-22(38-28-32-31-23-15-18(4)20-14-10-11-17(3)24(20)33(23)28)26(35)30-25-21(27(36)37-6-2)16-29-34(25)19-12-8-7-9-13-19/h7-16,22H,5-6H2,1-4H3,(H,30,35). The van der Waals surface area contributed by atoms with E-state index in [1.807, 2.05) is 53.8 Å². The summed E-state index contributed by atoms with van der Waals surface area (Å²) in [5, 5.41) is 17.4. The lowest BCUT2D eigenvalue weighted by Gasteiger charge is -2.16. The Morgan fingerprint density at radius 2 is 1.82 bits per heavy atom. The van der Waals surface area contributed by atoms with Gasteiger partial charge in [0, 0.05) is 5.39 Å². The highest BCUT2D eigenvalue weighted by Gasteiger charge is 2.27. The summed E-state index contributed by atoms with van der Waals surface area (Å²) in [6, 6.07) is 17.5. The second-order valence-electron chi connectivity index (χ2n) is 8.85. The van der Waals surface area contributed by atoms with Gasteiger partial charge in [0.05, 0.1) is 29.3 Å². The number of nitrogens with zero attached hydrogens (tertiary/aromatic N) is 5. The van der Waals surface area contributed by atoms with Crippen molar-refractivity contribution in [2.24, 2.45) is 0 Å². The van der Waals surface area contributed by atoms with Gasteiger partial charge in [0.25, 0.3) is 0 Å². The number of amides is 1. The number of thioether (sulfide) groups is 1. The minimum atomic E-state index is -0.550. The van der Waals surface area contributed by atoms with Crippen molar-refractivity contribution in [2.45, 2.75) is 44.5 Å². The number of hydrogen-bond acceptors (Lipinski definition) is 7. The number of benzene rings is 2. The van der Waals surface area contributed by atoms with Crippen LogP contribution in [0.3, 0.4) is 0 Å². The number of fused-ring (bicyclic) bond motifs is 3. The van der Waals surface area contributed by atoms with Crippen LogP contribution in [0.1, 0.15) is 41.8 Å². The number of aryl methyl sites for hydroxylation is 2. The van der Waals surface area contributed by atoms with Gasteiger partial charge in [-0.2, -0.15) is 5.10 Å². The minimum absolute atomic E-state index is 0.189. The number of hydrogen-bond donors (Lipinski definition) is 1. The zero-order valence-corrected chi connectivity index (χ0v) is 22.5. The van der Waals surface area contributed by atoms with Gasteiger partial charge in [0.15, 0.2) is 16.6 Å². The van der Waals surface area contributed by atoms with E-state index in [9.17, 15) is 9.59 Å². The number of ether oxygens (including phenoxy) is 1. The Kier molecular flexibility index (Phi) is 7.15. The highest BCUT2D eigenvalue weighted by molar-refractivity contribution is 8.00. The first-order chi connectivity index (χ1) is 18.4. The van der Waals surface area contributed by atoms with Crippen LogP contribution < -0.4 is 5.32 Å². The van der Waals surface area contributed by atoms with Crippen LogP contribution in [0.15, 0.2) is 66.0 Å². The molecule has 5 rings (SSSR count). The van der Waals surface area contributed by atoms with Crippen molar-refractivity contribution in [3.63, 3.8) is 0 Å². The Morgan fingerprint density at radius 1 is 1.03 bits per heavy atom. The van der Waals surface area contributed by atoms with Crippen molar-refractivity contribution in [3.05, 3.63) is 77.5 Å². The molecule has 194 valence electrons. The number of para-hydroxylation sites is 2. The van der Waals surface area contributed by atoms with E-state index in [0.717, 1.165) is 27.7 Å². The predicted octanol–water partition coefficient (Wildman–Crippen LogP) is 5.37. The molecule has 5 aromatic rings. The van der Waals surface area contributed by atoms with Crippen LogP contribution in [0.25, 0.3) is 22.2 Å². The highest BCUT2D eigenvalue weighted by Crippen LogP contribution is 2.31. The summed E-state index contributed by atoms with van der Waals surface area (Å²) >= 11 is 1.34. The monoisotopic (exact) mass is 528 g/mol. The summed E-state index contributed by atoms with van der Waals surface area (Å²) in [7, 11) is 0.